The van der Waals surface area contributed by atoms with Crippen molar-refractivity contribution in [2.45, 2.75) is 20.8 Å². The third kappa shape index (κ3) is 2.67. The molecule has 0 saturated carbocycles. The molecule has 1 aromatic carbocycles. The van der Waals surface area contributed by atoms with Crippen LogP contribution in [-0.4, -0.2) is 24.6 Å². The van der Waals surface area contributed by atoms with E-state index >= 15 is 0 Å². The lowest BCUT2D eigenvalue weighted by Gasteiger charge is -2.13. The maximum Gasteiger partial charge on any atom is 0.325 e. The second-order valence-electron chi connectivity index (χ2n) is 4.66. The van der Waals surface area contributed by atoms with Crippen LogP contribution in [0.1, 0.15) is 16.8 Å². The number of methoxy groups -OCH3 is 1. The lowest BCUT2D eigenvalue weighted by Crippen LogP contribution is -2.15. The van der Waals surface area contributed by atoms with Gasteiger partial charge in [0.1, 0.15) is 6.54 Å². The molecule has 4 nitrogen and oxygen atoms in total. The zero-order chi connectivity index (χ0) is 14.0. The van der Waals surface area contributed by atoms with Crippen LogP contribution in [0, 0.1) is 20.8 Å². The first kappa shape index (κ1) is 13.3. The lowest BCUT2D eigenvalue weighted by molar-refractivity contribution is -0.138. The Kier molecular flexibility index (Phi) is 3.69. The Bertz CT molecular complexity index is 636. The number of aryl methyl sites for hydroxylation is 3. The number of ether oxygens (including phenoxy) is 1. The van der Waals surface area contributed by atoms with E-state index in [2.05, 4.69) is 27.2 Å². The lowest BCUT2D eigenvalue weighted by atomic mass is 10.0. The van der Waals surface area contributed by atoms with E-state index in [1.807, 2.05) is 26.8 Å². The van der Waals surface area contributed by atoms with E-state index in [1.165, 1.54) is 7.11 Å². The van der Waals surface area contributed by atoms with Gasteiger partial charge in [-0.1, -0.05) is 12.1 Å². The largest absolute Gasteiger partial charge is 0.468 e. The number of hydrogen-bond acceptors (Lipinski definition) is 4. The summed E-state index contributed by atoms with van der Waals surface area (Å²) in [7, 11) is 1.38. The number of carbonyl (C=O) groups is 1. The quantitative estimate of drug-likeness (QED) is 0.860. The Balaban J connectivity index is 2.53. The van der Waals surface area contributed by atoms with Crippen LogP contribution < -0.4 is 5.32 Å². The average molecular weight is 258 g/mol. The second-order valence-corrected chi connectivity index (χ2v) is 4.66. The fraction of sp³-hybridized carbons (Fsp3) is 0.333. The summed E-state index contributed by atoms with van der Waals surface area (Å²) in [5, 5.41) is 4.20. The highest BCUT2D eigenvalue weighted by Crippen LogP contribution is 2.28. The van der Waals surface area contributed by atoms with E-state index in [1.54, 1.807) is 0 Å². The van der Waals surface area contributed by atoms with Crippen molar-refractivity contribution in [3.05, 3.63) is 35.0 Å². The standard InChI is InChI=1S/C15H18N2O2/c1-9-5-6-10(2)15-14(9)12(7-11(3)17-15)16-8-13(18)19-4/h5-7H,8H2,1-4H3,(H,16,17). The predicted octanol–water partition coefficient (Wildman–Crippen LogP) is 2.74. The fourth-order valence-corrected chi connectivity index (χ4v) is 2.15. The fourth-order valence-electron chi connectivity index (χ4n) is 2.15. The number of anilines is 1. The summed E-state index contributed by atoms with van der Waals surface area (Å²) < 4.78 is 4.65. The minimum Gasteiger partial charge on any atom is -0.468 e. The van der Waals surface area contributed by atoms with Crippen LogP contribution >= 0.6 is 0 Å². The summed E-state index contributed by atoms with van der Waals surface area (Å²) >= 11 is 0. The van der Waals surface area contributed by atoms with Crippen LogP contribution in [0.3, 0.4) is 0 Å². The molecule has 0 saturated heterocycles. The van der Waals surface area contributed by atoms with E-state index in [4.69, 9.17) is 0 Å². The molecule has 100 valence electrons. The third-order valence-electron chi connectivity index (χ3n) is 3.15. The van der Waals surface area contributed by atoms with Gasteiger partial charge in [-0.3, -0.25) is 9.78 Å². The molecule has 0 aliphatic rings. The Morgan fingerprint density at radius 1 is 1.26 bits per heavy atom. The summed E-state index contributed by atoms with van der Waals surface area (Å²) in [5.41, 5.74) is 5.10. The number of benzene rings is 1. The highest BCUT2D eigenvalue weighted by Gasteiger charge is 2.10. The first-order chi connectivity index (χ1) is 9.02. The van der Waals surface area contributed by atoms with Gasteiger partial charge >= 0.3 is 5.97 Å². The molecule has 2 aromatic rings. The van der Waals surface area contributed by atoms with E-state index < -0.39 is 0 Å². The van der Waals surface area contributed by atoms with Crippen LogP contribution in [-0.2, 0) is 9.53 Å². The minimum atomic E-state index is -0.284. The van der Waals surface area contributed by atoms with Gasteiger partial charge in [-0.2, -0.15) is 0 Å². The van der Waals surface area contributed by atoms with Gasteiger partial charge in [0.25, 0.3) is 0 Å². The van der Waals surface area contributed by atoms with Gasteiger partial charge in [-0.05, 0) is 38.0 Å². The second kappa shape index (κ2) is 5.26. The van der Waals surface area contributed by atoms with E-state index in [0.717, 1.165) is 33.4 Å². The summed E-state index contributed by atoms with van der Waals surface area (Å²) in [6, 6.07) is 6.09. The number of fused-ring (bicyclic) bond motifs is 1. The summed E-state index contributed by atoms with van der Waals surface area (Å²) in [6.07, 6.45) is 0. The van der Waals surface area contributed by atoms with Crippen molar-refractivity contribution in [2.75, 3.05) is 19.0 Å². The molecule has 0 bridgehead atoms. The summed E-state index contributed by atoms with van der Waals surface area (Å²) in [6.45, 7) is 6.19. The van der Waals surface area contributed by atoms with Gasteiger partial charge in [0, 0.05) is 16.8 Å². The molecule has 0 fully saturated rings. The molecular weight excluding hydrogens is 240 g/mol. The van der Waals surface area contributed by atoms with E-state index in [0.29, 0.717) is 0 Å². The first-order valence-corrected chi connectivity index (χ1v) is 6.21. The maximum absolute atomic E-state index is 11.3. The molecule has 1 heterocycles. The van der Waals surface area contributed by atoms with Crippen molar-refractivity contribution < 1.29 is 9.53 Å². The Morgan fingerprint density at radius 2 is 1.95 bits per heavy atom. The average Bonchev–Trinajstić information content (AvgIpc) is 2.39. The van der Waals surface area contributed by atoms with Crippen LogP contribution in [0.2, 0.25) is 0 Å². The number of pyridine rings is 1. The van der Waals surface area contributed by atoms with Gasteiger partial charge in [0.05, 0.1) is 12.6 Å². The molecule has 4 heteroatoms. The number of hydrogen-bond donors (Lipinski definition) is 1. The van der Waals surface area contributed by atoms with Gasteiger partial charge in [0.15, 0.2) is 0 Å². The molecule has 19 heavy (non-hydrogen) atoms. The number of aromatic nitrogens is 1. The van der Waals surface area contributed by atoms with Crippen LogP contribution in [0.15, 0.2) is 18.2 Å². The monoisotopic (exact) mass is 258 g/mol. The van der Waals surface area contributed by atoms with Crippen LogP contribution in [0.4, 0.5) is 5.69 Å². The third-order valence-corrected chi connectivity index (χ3v) is 3.15. The molecule has 1 N–H and O–H groups in total. The molecule has 0 unspecified atom stereocenters. The van der Waals surface area contributed by atoms with Gasteiger partial charge in [-0.25, -0.2) is 0 Å². The maximum atomic E-state index is 11.3. The number of nitrogens with zero attached hydrogens (tertiary/aromatic N) is 1. The summed E-state index contributed by atoms with van der Waals surface area (Å²) in [5.74, 6) is -0.284. The number of nitrogens with one attached hydrogen (secondary N) is 1. The molecule has 2 rings (SSSR count). The normalized spacial score (nSPS) is 10.5. The molecular formula is C15H18N2O2. The molecule has 1 aromatic heterocycles. The number of esters is 1. The highest BCUT2D eigenvalue weighted by atomic mass is 16.5. The summed E-state index contributed by atoms with van der Waals surface area (Å²) in [4.78, 5) is 15.8. The Labute approximate surface area is 112 Å². The SMILES string of the molecule is COC(=O)CNc1cc(C)nc2c(C)ccc(C)c12. The van der Waals surface area contributed by atoms with Crippen molar-refractivity contribution >= 4 is 22.6 Å². The topological polar surface area (TPSA) is 51.2 Å². The van der Waals surface area contributed by atoms with Gasteiger partial charge < -0.3 is 10.1 Å². The zero-order valence-corrected chi connectivity index (χ0v) is 11.7. The van der Waals surface area contributed by atoms with Crippen molar-refractivity contribution in [1.82, 2.24) is 4.98 Å². The molecule has 0 aliphatic carbocycles. The van der Waals surface area contributed by atoms with Gasteiger partial charge in [-0.15, -0.1) is 0 Å². The molecule has 0 spiro atoms. The zero-order valence-electron chi connectivity index (χ0n) is 11.7. The van der Waals surface area contributed by atoms with Gasteiger partial charge in [0.2, 0.25) is 0 Å². The molecule has 0 radical (unpaired) electrons. The number of rotatable bonds is 3. The Morgan fingerprint density at radius 3 is 2.63 bits per heavy atom. The first-order valence-electron chi connectivity index (χ1n) is 6.21. The Hall–Kier alpha value is -2.10. The smallest absolute Gasteiger partial charge is 0.325 e. The predicted molar refractivity (Wildman–Crippen MR) is 76.5 cm³/mol. The van der Waals surface area contributed by atoms with Crippen molar-refractivity contribution in [1.29, 1.82) is 0 Å². The van der Waals surface area contributed by atoms with Crippen molar-refractivity contribution in [3.63, 3.8) is 0 Å². The number of carbonyl (C=O) groups excluding carboxylic acids is 1. The van der Waals surface area contributed by atoms with Crippen molar-refractivity contribution in [3.8, 4) is 0 Å². The highest BCUT2D eigenvalue weighted by molar-refractivity contribution is 5.96. The van der Waals surface area contributed by atoms with Crippen LogP contribution in [0.5, 0.6) is 0 Å². The van der Waals surface area contributed by atoms with Crippen LogP contribution in [0.25, 0.3) is 10.9 Å². The molecule has 0 amide bonds. The molecule has 0 aliphatic heterocycles. The van der Waals surface area contributed by atoms with E-state index in [9.17, 15) is 4.79 Å². The minimum absolute atomic E-state index is 0.155. The van der Waals surface area contributed by atoms with Crippen molar-refractivity contribution in [2.24, 2.45) is 0 Å². The van der Waals surface area contributed by atoms with E-state index in [-0.39, 0.29) is 12.5 Å². The molecule has 0 atom stereocenters.